The fraction of sp³-hybridized carbons (Fsp3) is 0.429. The zero-order valence-corrected chi connectivity index (χ0v) is 26.4. The van der Waals surface area contributed by atoms with Crippen LogP contribution in [0.25, 0.3) is 0 Å². The summed E-state index contributed by atoms with van der Waals surface area (Å²) in [4.78, 5) is 29.6. The van der Waals surface area contributed by atoms with Crippen molar-refractivity contribution in [1.29, 1.82) is 0 Å². The van der Waals surface area contributed by atoms with Crippen LogP contribution in [-0.4, -0.2) is 35.4 Å². The Kier molecular flexibility index (Phi) is 10.7. The van der Waals surface area contributed by atoms with E-state index in [-0.39, 0.29) is 29.9 Å². The Bertz CT molecular complexity index is 1310. The van der Waals surface area contributed by atoms with Gasteiger partial charge in [-0.3, -0.25) is 9.59 Å². The first-order valence-electron chi connectivity index (χ1n) is 14.7. The fourth-order valence-corrected chi connectivity index (χ4v) is 5.91. The van der Waals surface area contributed by atoms with Gasteiger partial charge in [-0.2, -0.15) is 0 Å². The van der Waals surface area contributed by atoms with Crippen LogP contribution in [0.5, 0.6) is 5.75 Å². The van der Waals surface area contributed by atoms with Crippen LogP contribution in [-0.2, 0) is 28.0 Å². The molecule has 5 nitrogen and oxygen atoms in total. The van der Waals surface area contributed by atoms with Gasteiger partial charge >= 0.3 is 0 Å². The molecular weight excluding hydrogens is 576 g/mol. The molecule has 0 bridgehead atoms. The second-order valence-electron chi connectivity index (χ2n) is 12.2. The molecule has 0 heterocycles. The number of carbonyl (C=O) groups excluding carboxylic acids is 2. The van der Waals surface area contributed by atoms with Crippen molar-refractivity contribution in [3.8, 4) is 5.75 Å². The number of hydrogen-bond donors (Lipinski definition) is 1. The molecular formula is C35H43BrN2O3. The highest BCUT2D eigenvalue weighted by molar-refractivity contribution is 9.10. The van der Waals surface area contributed by atoms with Gasteiger partial charge in [0.15, 0.2) is 6.61 Å². The van der Waals surface area contributed by atoms with E-state index in [1.165, 1.54) is 12.0 Å². The van der Waals surface area contributed by atoms with E-state index in [1.807, 2.05) is 73.7 Å². The highest BCUT2D eigenvalue weighted by Gasteiger charge is 2.32. The quantitative estimate of drug-likeness (QED) is 0.255. The molecule has 3 aromatic rings. The number of rotatable bonds is 10. The number of amides is 2. The van der Waals surface area contributed by atoms with Gasteiger partial charge in [0.25, 0.3) is 5.91 Å². The lowest BCUT2D eigenvalue weighted by molar-refractivity contribution is -0.143. The smallest absolute Gasteiger partial charge is 0.261 e. The zero-order chi connectivity index (χ0) is 29.4. The SMILES string of the molecule is Cc1cccc(CN(C(=O)COc2ccc(C(C)(C)C)cc2Br)[C@H](Cc2ccccc2)C(=O)NC2CCCCC2)c1. The molecule has 0 spiro atoms. The molecule has 1 atom stereocenters. The first-order chi connectivity index (χ1) is 19.6. The summed E-state index contributed by atoms with van der Waals surface area (Å²) >= 11 is 3.63. The highest BCUT2D eigenvalue weighted by Crippen LogP contribution is 2.31. The number of ether oxygens (including phenoxy) is 1. The first-order valence-corrected chi connectivity index (χ1v) is 15.5. The van der Waals surface area contributed by atoms with Crippen LogP contribution >= 0.6 is 15.9 Å². The molecule has 0 aromatic heterocycles. The molecule has 1 fully saturated rings. The molecule has 2 amide bonds. The van der Waals surface area contributed by atoms with Gasteiger partial charge in [0.05, 0.1) is 4.47 Å². The number of benzene rings is 3. The minimum absolute atomic E-state index is 0.00215. The Morgan fingerprint density at radius 2 is 1.66 bits per heavy atom. The molecule has 0 saturated heterocycles. The van der Waals surface area contributed by atoms with Crippen LogP contribution < -0.4 is 10.1 Å². The van der Waals surface area contributed by atoms with Gasteiger partial charge < -0.3 is 15.0 Å². The summed E-state index contributed by atoms with van der Waals surface area (Å²) < 4.78 is 6.87. The van der Waals surface area contributed by atoms with Crippen molar-refractivity contribution < 1.29 is 14.3 Å². The van der Waals surface area contributed by atoms with Crippen LogP contribution in [0.15, 0.2) is 77.3 Å². The molecule has 0 unspecified atom stereocenters. The molecule has 0 aliphatic heterocycles. The number of carbonyl (C=O) groups is 2. The van der Waals surface area contributed by atoms with E-state index in [1.54, 1.807) is 4.90 Å². The van der Waals surface area contributed by atoms with Crippen molar-refractivity contribution >= 4 is 27.7 Å². The maximum absolute atomic E-state index is 14.0. The van der Waals surface area contributed by atoms with E-state index in [4.69, 9.17) is 4.74 Å². The number of aryl methyl sites for hydroxylation is 1. The molecule has 1 aliphatic carbocycles. The van der Waals surface area contributed by atoms with Crippen molar-refractivity contribution in [2.24, 2.45) is 0 Å². The molecule has 1 N–H and O–H groups in total. The Morgan fingerprint density at radius 1 is 0.951 bits per heavy atom. The summed E-state index contributed by atoms with van der Waals surface area (Å²) in [5, 5.41) is 3.29. The van der Waals surface area contributed by atoms with E-state index in [9.17, 15) is 9.59 Å². The second kappa shape index (κ2) is 14.2. The summed E-state index contributed by atoms with van der Waals surface area (Å²) in [6.07, 6.45) is 5.85. The summed E-state index contributed by atoms with van der Waals surface area (Å²) in [5.41, 5.74) is 4.28. The first kappa shape index (κ1) is 30.8. The Hall–Kier alpha value is -3.12. The monoisotopic (exact) mass is 618 g/mol. The summed E-state index contributed by atoms with van der Waals surface area (Å²) in [7, 11) is 0. The predicted octanol–water partition coefficient (Wildman–Crippen LogP) is 7.52. The van der Waals surface area contributed by atoms with Crippen LogP contribution in [0.4, 0.5) is 0 Å². The lowest BCUT2D eigenvalue weighted by atomic mass is 9.87. The molecule has 1 saturated carbocycles. The highest BCUT2D eigenvalue weighted by atomic mass is 79.9. The van der Waals surface area contributed by atoms with Crippen LogP contribution in [0, 0.1) is 6.92 Å². The summed E-state index contributed by atoms with van der Waals surface area (Å²) in [6, 6.07) is 23.5. The second-order valence-corrected chi connectivity index (χ2v) is 13.1. The Balaban J connectivity index is 1.61. The largest absolute Gasteiger partial charge is 0.483 e. The van der Waals surface area contributed by atoms with E-state index in [0.29, 0.717) is 18.7 Å². The van der Waals surface area contributed by atoms with Crippen molar-refractivity contribution in [3.63, 3.8) is 0 Å². The van der Waals surface area contributed by atoms with Gasteiger partial charge in [-0.1, -0.05) is 106 Å². The topological polar surface area (TPSA) is 58.6 Å². The van der Waals surface area contributed by atoms with E-state index < -0.39 is 6.04 Å². The lowest BCUT2D eigenvalue weighted by Gasteiger charge is -2.33. The third-order valence-electron chi connectivity index (χ3n) is 7.81. The molecule has 4 rings (SSSR count). The van der Waals surface area contributed by atoms with E-state index in [0.717, 1.165) is 46.8 Å². The Labute approximate surface area is 253 Å². The fourth-order valence-electron chi connectivity index (χ4n) is 5.41. The normalized spacial score (nSPS) is 14.8. The molecule has 1 aliphatic rings. The minimum atomic E-state index is -0.664. The van der Waals surface area contributed by atoms with Crippen molar-refractivity contribution in [2.45, 2.75) is 90.3 Å². The zero-order valence-electron chi connectivity index (χ0n) is 24.8. The van der Waals surface area contributed by atoms with Crippen LogP contribution in [0.3, 0.4) is 0 Å². The predicted molar refractivity (Wildman–Crippen MR) is 169 cm³/mol. The van der Waals surface area contributed by atoms with Crippen LogP contribution in [0.2, 0.25) is 0 Å². The van der Waals surface area contributed by atoms with Gasteiger partial charge in [-0.15, -0.1) is 0 Å². The van der Waals surface area contributed by atoms with Gasteiger partial charge in [-0.05, 0) is 69.9 Å². The van der Waals surface area contributed by atoms with Gasteiger partial charge in [0.2, 0.25) is 5.91 Å². The third-order valence-corrected chi connectivity index (χ3v) is 8.43. The van der Waals surface area contributed by atoms with Crippen molar-refractivity contribution in [1.82, 2.24) is 10.2 Å². The molecule has 218 valence electrons. The summed E-state index contributed by atoms with van der Waals surface area (Å²) in [5.74, 6) is 0.281. The number of nitrogens with one attached hydrogen (secondary N) is 1. The molecule has 0 radical (unpaired) electrons. The third kappa shape index (κ3) is 8.93. The Morgan fingerprint density at radius 3 is 2.32 bits per heavy atom. The van der Waals surface area contributed by atoms with E-state index in [2.05, 4.69) is 48.1 Å². The maximum atomic E-state index is 14.0. The number of halogens is 1. The lowest BCUT2D eigenvalue weighted by Crippen LogP contribution is -2.53. The molecule has 6 heteroatoms. The van der Waals surface area contributed by atoms with Crippen molar-refractivity contribution in [3.05, 3.63) is 99.5 Å². The van der Waals surface area contributed by atoms with Crippen LogP contribution in [0.1, 0.15) is 75.1 Å². The molecule has 3 aromatic carbocycles. The minimum Gasteiger partial charge on any atom is -0.483 e. The standard InChI is InChI=1S/C35H43BrN2O3/c1-25-12-11-15-27(20-25)23-38(33(39)24-41-32-19-18-28(22-30(32)36)35(2,3)4)31(21-26-13-7-5-8-14-26)34(40)37-29-16-9-6-10-17-29/h5,7-8,11-15,18-20,22,29,31H,6,9-10,16-17,21,23-24H2,1-4H3,(H,37,40)/t31-/m1/s1. The van der Waals surface area contributed by atoms with E-state index >= 15 is 0 Å². The van der Waals surface area contributed by atoms with Crippen molar-refractivity contribution in [2.75, 3.05) is 6.61 Å². The molecule has 41 heavy (non-hydrogen) atoms. The van der Waals surface area contributed by atoms with Gasteiger partial charge in [-0.25, -0.2) is 0 Å². The van der Waals surface area contributed by atoms with Gasteiger partial charge in [0.1, 0.15) is 11.8 Å². The maximum Gasteiger partial charge on any atom is 0.261 e. The average molecular weight is 620 g/mol. The average Bonchev–Trinajstić information content (AvgIpc) is 2.94. The summed E-state index contributed by atoms with van der Waals surface area (Å²) in [6.45, 7) is 8.67. The van der Waals surface area contributed by atoms with Gasteiger partial charge in [0, 0.05) is 19.0 Å². The number of nitrogens with zero attached hydrogens (tertiary/aromatic N) is 1. The number of hydrogen-bond acceptors (Lipinski definition) is 3.